The highest BCUT2D eigenvalue weighted by Crippen LogP contribution is 2.29. The van der Waals surface area contributed by atoms with Gasteiger partial charge in [0.25, 0.3) is 5.91 Å². The Labute approximate surface area is 148 Å². The molecule has 1 aliphatic heterocycles. The first-order valence-electron chi connectivity index (χ1n) is 9.40. The second-order valence-electron chi connectivity index (χ2n) is 7.20. The molecule has 4 rings (SSSR count). The van der Waals surface area contributed by atoms with E-state index in [0.29, 0.717) is 18.2 Å². The van der Waals surface area contributed by atoms with E-state index in [-0.39, 0.29) is 5.91 Å². The van der Waals surface area contributed by atoms with Crippen LogP contribution in [0.15, 0.2) is 24.3 Å². The van der Waals surface area contributed by atoms with Crippen LogP contribution in [0.1, 0.15) is 47.1 Å². The zero-order valence-electron chi connectivity index (χ0n) is 14.9. The van der Waals surface area contributed by atoms with Crippen LogP contribution in [0.25, 0.3) is 5.69 Å². The van der Waals surface area contributed by atoms with Crippen molar-refractivity contribution >= 4 is 5.91 Å². The molecule has 1 amide bonds. The van der Waals surface area contributed by atoms with Gasteiger partial charge in [-0.25, -0.2) is 4.68 Å². The number of aromatic nitrogens is 2. The third-order valence-electron chi connectivity index (χ3n) is 5.63. The predicted molar refractivity (Wildman–Crippen MR) is 98.0 cm³/mol. The molecule has 1 aromatic heterocycles. The van der Waals surface area contributed by atoms with Crippen LogP contribution in [0.3, 0.4) is 0 Å². The van der Waals surface area contributed by atoms with Gasteiger partial charge in [0, 0.05) is 24.3 Å². The van der Waals surface area contributed by atoms with E-state index < -0.39 is 0 Å². The third-order valence-corrected chi connectivity index (χ3v) is 5.63. The summed E-state index contributed by atoms with van der Waals surface area (Å²) in [6, 6.07) is 8.51. The van der Waals surface area contributed by atoms with Crippen molar-refractivity contribution in [2.75, 3.05) is 19.6 Å². The van der Waals surface area contributed by atoms with Crippen LogP contribution in [-0.4, -0.2) is 40.2 Å². The van der Waals surface area contributed by atoms with E-state index in [1.54, 1.807) is 0 Å². The number of fused-ring (bicyclic) bond motifs is 1. The molecular formula is C20H26N4O. The Hall–Kier alpha value is -2.14. The lowest BCUT2D eigenvalue weighted by Crippen LogP contribution is -2.30. The van der Waals surface area contributed by atoms with Crippen LogP contribution in [0.2, 0.25) is 0 Å². The summed E-state index contributed by atoms with van der Waals surface area (Å²) in [6.07, 6.45) is 5.09. The van der Waals surface area contributed by atoms with Crippen molar-refractivity contribution in [1.82, 2.24) is 14.7 Å². The number of rotatable bonds is 4. The van der Waals surface area contributed by atoms with Crippen molar-refractivity contribution < 1.29 is 4.79 Å². The highest BCUT2D eigenvalue weighted by molar-refractivity contribution is 5.94. The molecule has 132 valence electrons. The lowest BCUT2D eigenvalue weighted by molar-refractivity contribution is 0.0780. The van der Waals surface area contributed by atoms with Gasteiger partial charge in [0.2, 0.25) is 0 Å². The Morgan fingerprint density at radius 3 is 2.76 bits per heavy atom. The number of likely N-dealkylation sites (tertiary alicyclic amines) is 1. The molecule has 1 aromatic carbocycles. The lowest BCUT2D eigenvalue weighted by Gasteiger charge is -2.15. The van der Waals surface area contributed by atoms with Crippen molar-refractivity contribution in [3.63, 3.8) is 0 Å². The molecule has 1 atom stereocenters. The molecule has 2 aliphatic rings. The number of carbonyl (C=O) groups excluding carboxylic acids is 1. The van der Waals surface area contributed by atoms with E-state index in [1.165, 1.54) is 11.3 Å². The summed E-state index contributed by atoms with van der Waals surface area (Å²) in [6.45, 7) is 4.37. The van der Waals surface area contributed by atoms with Crippen molar-refractivity contribution in [2.45, 2.75) is 39.0 Å². The summed E-state index contributed by atoms with van der Waals surface area (Å²) in [5.41, 5.74) is 11.2. The normalized spacial score (nSPS) is 19.4. The number of amides is 1. The summed E-state index contributed by atoms with van der Waals surface area (Å²) >= 11 is 0. The Bertz CT molecular complexity index is 778. The molecule has 1 unspecified atom stereocenters. The minimum atomic E-state index is 0.0815. The summed E-state index contributed by atoms with van der Waals surface area (Å²) in [5.74, 6) is 0.513. The molecular weight excluding hydrogens is 312 g/mol. The first kappa shape index (κ1) is 16.3. The zero-order chi connectivity index (χ0) is 17.4. The largest absolute Gasteiger partial charge is 0.337 e. The van der Waals surface area contributed by atoms with Crippen molar-refractivity contribution in [3.05, 3.63) is 46.8 Å². The van der Waals surface area contributed by atoms with Crippen LogP contribution in [0.5, 0.6) is 0 Å². The highest BCUT2D eigenvalue weighted by Gasteiger charge is 2.32. The first-order chi connectivity index (χ1) is 12.2. The maximum absolute atomic E-state index is 13.0. The van der Waals surface area contributed by atoms with Gasteiger partial charge in [-0.1, -0.05) is 19.1 Å². The molecule has 2 heterocycles. The van der Waals surface area contributed by atoms with E-state index in [2.05, 4.69) is 31.2 Å². The number of hydrogen-bond acceptors (Lipinski definition) is 3. The van der Waals surface area contributed by atoms with Gasteiger partial charge in [-0.3, -0.25) is 4.79 Å². The van der Waals surface area contributed by atoms with Crippen LogP contribution in [-0.2, 0) is 19.3 Å². The lowest BCUT2D eigenvalue weighted by atomic mass is 10.1. The molecule has 1 aliphatic carbocycles. The molecule has 2 aromatic rings. The maximum atomic E-state index is 13.0. The van der Waals surface area contributed by atoms with Gasteiger partial charge in [0.15, 0.2) is 5.69 Å². The molecule has 0 radical (unpaired) electrons. The van der Waals surface area contributed by atoms with E-state index in [4.69, 9.17) is 10.8 Å². The molecule has 0 saturated carbocycles. The number of carbonyl (C=O) groups is 1. The van der Waals surface area contributed by atoms with Crippen LogP contribution in [0.4, 0.5) is 0 Å². The van der Waals surface area contributed by atoms with E-state index >= 15 is 0 Å². The van der Waals surface area contributed by atoms with Gasteiger partial charge in [-0.05, 0) is 62.3 Å². The van der Waals surface area contributed by atoms with Gasteiger partial charge >= 0.3 is 0 Å². The summed E-state index contributed by atoms with van der Waals surface area (Å²) in [4.78, 5) is 15.0. The smallest absolute Gasteiger partial charge is 0.274 e. The fourth-order valence-corrected chi connectivity index (χ4v) is 4.05. The SMILES string of the molecule is CCc1ccc(-n2nc(C(=O)N3CCC(CN)C3)c3c2CCC3)cc1. The number of hydrogen-bond donors (Lipinski definition) is 1. The standard InChI is InChI=1S/C20H26N4O/c1-2-14-6-8-16(9-7-14)24-18-5-3-4-17(18)19(22-24)20(25)23-11-10-15(12-21)13-23/h6-9,15H,2-5,10-13,21H2,1H3. The molecule has 0 spiro atoms. The Morgan fingerprint density at radius 2 is 2.08 bits per heavy atom. The van der Waals surface area contributed by atoms with E-state index in [0.717, 1.165) is 56.4 Å². The van der Waals surface area contributed by atoms with Gasteiger partial charge < -0.3 is 10.6 Å². The second kappa shape index (κ2) is 6.64. The fourth-order valence-electron chi connectivity index (χ4n) is 4.05. The minimum absolute atomic E-state index is 0.0815. The molecule has 5 heteroatoms. The van der Waals surface area contributed by atoms with Crippen LogP contribution in [0, 0.1) is 5.92 Å². The summed E-state index contributed by atoms with van der Waals surface area (Å²) < 4.78 is 1.99. The molecule has 2 N–H and O–H groups in total. The predicted octanol–water partition coefficient (Wildman–Crippen LogP) is 2.34. The Morgan fingerprint density at radius 1 is 1.28 bits per heavy atom. The van der Waals surface area contributed by atoms with Crippen molar-refractivity contribution in [3.8, 4) is 5.69 Å². The van der Waals surface area contributed by atoms with E-state index in [1.807, 2.05) is 9.58 Å². The van der Waals surface area contributed by atoms with Crippen molar-refractivity contribution in [2.24, 2.45) is 11.7 Å². The van der Waals surface area contributed by atoms with Gasteiger partial charge in [0.1, 0.15) is 0 Å². The Balaban J connectivity index is 1.67. The monoisotopic (exact) mass is 338 g/mol. The summed E-state index contributed by atoms with van der Waals surface area (Å²) in [5, 5.41) is 4.75. The number of nitrogens with zero attached hydrogens (tertiary/aromatic N) is 3. The maximum Gasteiger partial charge on any atom is 0.274 e. The number of aryl methyl sites for hydroxylation is 1. The molecule has 1 saturated heterocycles. The molecule has 1 fully saturated rings. The number of benzene rings is 1. The van der Waals surface area contributed by atoms with Crippen molar-refractivity contribution in [1.29, 1.82) is 0 Å². The highest BCUT2D eigenvalue weighted by atomic mass is 16.2. The molecule has 0 bridgehead atoms. The number of nitrogens with two attached hydrogens (primary N) is 1. The second-order valence-corrected chi connectivity index (χ2v) is 7.20. The van der Waals surface area contributed by atoms with Gasteiger partial charge in [0.05, 0.1) is 5.69 Å². The summed E-state index contributed by atoms with van der Waals surface area (Å²) in [7, 11) is 0. The zero-order valence-corrected chi connectivity index (χ0v) is 14.9. The van der Waals surface area contributed by atoms with Crippen LogP contribution >= 0.6 is 0 Å². The quantitative estimate of drug-likeness (QED) is 0.931. The van der Waals surface area contributed by atoms with Gasteiger partial charge in [-0.15, -0.1) is 0 Å². The average Bonchev–Trinajstić information content (AvgIpc) is 3.37. The Kier molecular flexibility index (Phi) is 4.34. The minimum Gasteiger partial charge on any atom is -0.337 e. The fraction of sp³-hybridized carbons (Fsp3) is 0.500. The van der Waals surface area contributed by atoms with Gasteiger partial charge in [-0.2, -0.15) is 5.10 Å². The first-order valence-corrected chi connectivity index (χ1v) is 9.40. The van der Waals surface area contributed by atoms with Crippen LogP contribution < -0.4 is 5.73 Å². The molecule has 5 nitrogen and oxygen atoms in total. The topological polar surface area (TPSA) is 64.2 Å². The van der Waals surface area contributed by atoms with E-state index in [9.17, 15) is 4.79 Å². The third kappa shape index (κ3) is 2.86. The molecule has 25 heavy (non-hydrogen) atoms. The average molecular weight is 338 g/mol.